The Balaban J connectivity index is 1.65. The number of aryl methyl sites for hydroxylation is 2. The lowest BCUT2D eigenvalue weighted by Gasteiger charge is -2.15. The van der Waals surface area contributed by atoms with Gasteiger partial charge in [-0.05, 0) is 55.0 Å². The molecule has 0 radical (unpaired) electrons. The van der Waals surface area contributed by atoms with Crippen LogP contribution in [0.3, 0.4) is 0 Å². The van der Waals surface area contributed by atoms with Crippen molar-refractivity contribution < 1.29 is 0 Å². The van der Waals surface area contributed by atoms with Crippen molar-refractivity contribution in [1.82, 2.24) is 10.3 Å². The summed E-state index contributed by atoms with van der Waals surface area (Å²) in [6, 6.07) is 13.3. The number of fused-ring (bicyclic) bond motifs is 1. The molecule has 98 valence electrons. The molecule has 0 saturated heterocycles. The van der Waals surface area contributed by atoms with E-state index < -0.39 is 0 Å². The highest BCUT2D eigenvalue weighted by molar-refractivity contribution is 5.36. The van der Waals surface area contributed by atoms with Gasteiger partial charge in [0.1, 0.15) is 0 Å². The minimum Gasteiger partial charge on any atom is -0.305 e. The molecule has 2 nitrogen and oxygen atoms in total. The van der Waals surface area contributed by atoms with Crippen LogP contribution in [0.4, 0.5) is 0 Å². The fraction of sp³-hybridized carbons (Fsp3) is 0.353. The molecule has 0 bridgehead atoms. The zero-order chi connectivity index (χ0) is 13.1. The Kier molecular flexibility index (Phi) is 3.60. The minimum atomic E-state index is 0.368. The highest BCUT2D eigenvalue weighted by Crippen LogP contribution is 2.25. The monoisotopic (exact) mass is 252 g/mol. The first kappa shape index (κ1) is 12.4. The molecule has 0 aliphatic heterocycles. The Morgan fingerprint density at radius 3 is 2.89 bits per heavy atom. The van der Waals surface area contributed by atoms with Gasteiger partial charge in [-0.2, -0.15) is 0 Å². The van der Waals surface area contributed by atoms with Crippen molar-refractivity contribution in [3.05, 3.63) is 65.0 Å². The fourth-order valence-corrected chi connectivity index (χ4v) is 2.74. The summed E-state index contributed by atoms with van der Waals surface area (Å²) >= 11 is 0. The van der Waals surface area contributed by atoms with Gasteiger partial charge in [0.2, 0.25) is 0 Å². The van der Waals surface area contributed by atoms with Gasteiger partial charge in [0.05, 0.1) is 5.69 Å². The first-order valence-corrected chi connectivity index (χ1v) is 7.08. The Morgan fingerprint density at radius 2 is 2.05 bits per heavy atom. The molecule has 0 spiro atoms. The van der Waals surface area contributed by atoms with Gasteiger partial charge in [0.25, 0.3) is 0 Å². The quantitative estimate of drug-likeness (QED) is 0.902. The van der Waals surface area contributed by atoms with Crippen LogP contribution in [0.5, 0.6) is 0 Å². The molecule has 1 aromatic carbocycles. The molecule has 1 aliphatic carbocycles. The van der Waals surface area contributed by atoms with Crippen molar-refractivity contribution in [2.75, 3.05) is 0 Å². The van der Waals surface area contributed by atoms with Crippen LogP contribution in [0.25, 0.3) is 0 Å². The smallest absolute Gasteiger partial charge is 0.0541 e. The molecule has 1 aromatic heterocycles. The summed E-state index contributed by atoms with van der Waals surface area (Å²) < 4.78 is 0. The summed E-state index contributed by atoms with van der Waals surface area (Å²) in [6.07, 6.45) is 5.66. The predicted molar refractivity (Wildman–Crippen MR) is 78.0 cm³/mol. The van der Waals surface area contributed by atoms with Crippen molar-refractivity contribution in [1.29, 1.82) is 0 Å². The van der Waals surface area contributed by atoms with Crippen LogP contribution in [0.1, 0.15) is 41.8 Å². The van der Waals surface area contributed by atoms with Gasteiger partial charge >= 0.3 is 0 Å². The van der Waals surface area contributed by atoms with Crippen LogP contribution >= 0.6 is 0 Å². The van der Waals surface area contributed by atoms with Crippen molar-refractivity contribution in [2.24, 2.45) is 0 Å². The van der Waals surface area contributed by atoms with Gasteiger partial charge < -0.3 is 5.32 Å². The topological polar surface area (TPSA) is 24.9 Å². The highest BCUT2D eigenvalue weighted by Gasteiger charge is 2.13. The second kappa shape index (κ2) is 5.54. The number of benzene rings is 1. The number of aromatic nitrogens is 1. The van der Waals surface area contributed by atoms with Crippen molar-refractivity contribution >= 4 is 0 Å². The molecule has 2 aromatic rings. The second-order valence-electron chi connectivity index (χ2n) is 5.31. The molecule has 1 atom stereocenters. The number of rotatable bonds is 4. The molecular formula is C17H20N2. The third-order valence-corrected chi connectivity index (χ3v) is 3.94. The van der Waals surface area contributed by atoms with E-state index in [4.69, 9.17) is 0 Å². The molecule has 0 saturated carbocycles. The maximum absolute atomic E-state index is 4.34. The summed E-state index contributed by atoms with van der Waals surface area (Å²) in [5.41, 5.74) is 5.57. The van der Waals surface area contributed by atoms with Crippen LogP contribution in [-0.2, 0) is 19.4 Å². The summed E-state index contributed by atoms with van der Waals surface area (Å²) in [5, 5.41) is 3.54. The van der Waals surface area contributed by atoms with Gasteiger partial charge in [-0.1, -0.05) is 24.3 Å². The molecule has 1 heterocycles. The Bertz CT molecular complexity index is 548. The first-order chi connectivity index (χ1) is 9.33. The number of pyridine rings is 1. The molecule has 2 heteroatoms. The van der Waals surface area contributed by atoms with E-state index in [-0.39, 0.29) is 0 Å². The zero-order valence-electron chi connectivity index (χ0n) is 11.4. The lowest BCUT2D eigenvalue weighted by molar-refractivity contribution is 0.567. The van der Waals surface area contributed by atoms with E-state index >= 15 is 0 Å². The van der Waals surface area contributed by atoms with Crippen molar-refractivity contribution in [3.8, 4) is 0 Å². The normalized spacial score (nSPS) is 15.2. The average Bonchev–Trinajstić information content (AvgIpc) is 2.93. The van der Waals surface area contributed by atoms with E-state index in [1.165, 1.54) is 24.8 Å². The maximum Gasteiger partial charge on any atom is 0.0541 e. The molecule has 0 amide bonds. The third kappa shape index (κ3) is 2.85. The van der Waals surface area contributed by atoms with Gasteiger partial charge in [-0.25, -0.2) is 0 Å². The lowest BCUT2D eigenvalue weighted by atomic mass is 10.0. The maximum atomic E-state index is 4.34. The summed E-state index contributed by atoms with van der Waals surface area (Å²) in [5.74, 6) is 0. The summed E-state index contributed by atoms with van der Waals surface area (Å²) in [4.78, 5) is 4.34. The fourth-order valence-electron chi connectivity index (χ4n) is 2.74. The molecule has 1 N–H and O–H groups in total. The average molecular weight is 252 g/mol. The third-order valence-electron chi connectivity index (χ3n) is 3.94. The minimum absolute atomic E-state index is 0.368. The first-order valence-electron chi connectivity index (χ1n) is 7.08. The number of hydrogen-bond donors (Lipinski definition) is 1. The van der Waals surface area contributed by atoms with Crippen LogP contribution in [0.2, 0.25) is 0 Å². The van der Waals surface area contributed by atoms with E-state index in [9.17, 15) is 0 Å². The van der Waals surface area contributed by atoms with E-state index in [1.807, 2.05) is 18.3 Å². The molecular weight excluding hydrogens is 232 g/mol. The lowest BCUT2D eigenvalue weighted by Crippen LogP contribution is -2.18. The van der Waals surface area contributed by atoms with E-state index in [0.29, 0.717) is 6.04 Å². The Hall–Kier alpha value is -1.67. The van der Waals surface area contributed by atoms with Crippen LogP contribution in [0, 0.1) is 0 Å². The van der Waals surface area contributed by atoms with Gasteiger partial charge in [-0.15, -0.1) is 0 Å². The van der Waals surface area contributed by atoms with Crippen molar-refractivity contribution in [2.45, 2.75) is 38.8 Å². The van der Waals surface area contributed by atoms with Crippen molar-refractivity contribution in [3.63, 3.8) is 0 Å². The largest absolute Gasteiger partial charge is 0.305 e. The van der Waals surface area contributed by atoms with E-state index in [0.717, 1.165) is 12.2 Å². The molecule has 1 unspecified atom stereocenters. The second-order valence-corrected chi connectivity index (χ2v) is 5.31. The van der Waals surface area contributed by atoms with E-state index in [2.05, 4.69) is 41.5 Å². The van der Waals surface area contributed by atoms with Crippen LogP contribution in [0.15, 0.2) is 42.6 Å². The van der Waals surface area contributed by atoms with Crippen LogP contribution in [-0.4, -0.2) is 4.98 Å². The molecule has 19 heavy (non-hydrogen) atoms. The zero-order valence-corrected chi connectivity index (χ0v) is 11.4. The SMILES string of the molecule is CC(NCc1ccccn1)c1ccc2c(c1)CCC2. The summed E-state index contributed by atoms with van der Waals surface area (Å²) in [7, 11) is 0. The Morgan fingerprint density at radius 1 is 1.16 bits per heavy atom. The molecule has 3 rings (SSSR count). The van der Waals surface area contributed by atoms with Crippen LogP contribution < -0.4 is 5.32 Å². The number of nitrogens with one attached hydrogen (secondary N) is 1. The van der Waals surface area contributed by atoms with Gasteiger partial charge in [0.15, 0.2) is 0 Å². The molecule has 0 fully saturated rings. The standard InChI is InChI=1S/C17H20N2/c1-13(19-12-17-7-2-3-10-18-17)15-9-8-14-5-4-6-16(14)11-15/h2-3,7-11,13,19H,4-6,12H2,1H3. The Labute approximate surface area is 114 Å². The number of hydrogen-bond acceptors (Lipinski definition) is 2. The van der Waals surface area contributed by atoms with E-state index in [1.54, 1.807) is 11.1 Å². The van der Waals surface area contributed by atoms with Gasteiger partial charge in [0, 0.05) is 18.8 Å². The highest BCUT2D eigenvalue weighted by atomic mass is 14.9. The summed E-state index contributed by atoms with van der Waals surface area (Å²) in [6.45, 7) is 3.04. The predicted octanol–water partition coefficient (Wildman–Crippen LogP) is 3.42. The number of nitrogens with zero attached hydrogens (tertiary/aromatic N) is 1. The molecule has 1 aliphatic rings. The van der Waals surface area contributed by atoms with Gasteiger partial charge in [-0.3, -0.25) is 4.98 Å².